The van der Waals surface area contributed by atoms with Crippen molar-refractivity contribution in [3.8, 4) is 0 Å². The first kappa shape index (κ1) is 26.0. The van der Waals surface area contributed by atoms with Crippen molar-refractivity contribution in [1.82, 2.24) is 20.1 Å². The summed E-state index contributed by atoms with van der Waals surface area (Å²) in [6, 6.07) is 12.8. The highest BCUT2D eigenvalue weighted by atomic mass is 79.9. The van der Waals surface area contributed by atoms with Crippen LogP contribution in [0.1, 0.15) is 54.1 Å². The van der Waals surface area contributed by atoms with Crippen LogP contribution >= 0.6 is 27.7 Å². The van der Waals surface area contributed by atoms with Crippen LogP contribution in [0.3, 0.4) is 0 Å². The van der Waals surface area contributed by atoms with Gasteiger partial charge in [-0.1, -0.05) is 59.7 Å². The van der Waals surface area contributed by atoms with Gasteiger partial charge in [0, 0.05) is 22.3 Å². The molecule has 0 aliphatic rings. The number of thioether (sulfide) groups is 1. The Morgan fingerprint density at radius 3 is 2.32 bits per heavy atom. The highest BCUT2D eigenvalue weighted by Crippen LogP contribution is 2.27. The number of rotatable bonds is 9. The van der Waals surface area contributed by atoms with Crippen LogP contribution in [0.5, 0.6) is 0 Å². The van der Waals surface area contributed by atoms with Gasteiger partial charge >= 0.3 is 0 Å². The maximum atomic E-state index is 12.8. The summed E-state index contributed by atoms with van der Waals surface area (Å²) in [5.74, 6) is 0.730. The molecule has 180 valence electrons. The monoisotopic (exact) mass is 543 g/mol. The molecule has 0 aliphatic heterocycles. The smallest absolute Gasteiger partial charge is 0.251 e. The van der Waals surface area contributed by atoms with E-state index < -0.39 is 0 Å². The molecule has 0 saturated carbocycles. The average Bonchev–Trinajstić information content (AvgIpc) is 3.21. The number of halogens is 1. The number of aromatic nitrogens is 3. The van der Waals surface area contributed by atoms with Crippen LogP contribution < -0.4 is 10.6 Å². The number of nitrogens with one attached hydrogen (secondary N) is 2. The van der Waals surface area contributed by atoms with Crippen molar-refractivity contribution in [3.05, 3.63) is 69.5 Å². The van der Waals surface area contributed by atoms with Crippen LogP contribution in [0, 0.1) is 19.8 Å². The fraction of sp³-hybridized carbons (Fsp3) is 0.360. The molecular weight excluding hydrogens is 514 g/mol. The lowest BCUT2D eigenvalue weighted by atomic mass is 10.0. The lowest BCUT2D eigenvalue weighted by molar-refractivity contribution is -0.113. The zero-order valence-corrected chi connectivity index (χ0v) is 22.5. The van der Waals surface area contributed by atoms with E-state index in [1.807, 2.05) is 69.5 Å². The number of nitrogens with zero attached hydrogens (tertiary/aromatic N) is 3. The van der Waals surface area contributed by atoms with Crippen LogP contribution in [0.15, 0.2) is 52.1 Å². The molecule has 9 heteroatoms. The summed E-state index contributed by atoms with van der Waals surface area (Å²) in [6.45, 7) is 10.6. The Morgan fingerprint density at radius 1 is 1.09 bits per heavy atom. The number of anilines is 1. The number of carbonyl (C=O) groups is 2. The molecule has 3 rings (SSSR count). The Labute approximate surface area is 213 Å². The van der Waals surface area contributed by atoms with Crippen LogP contribution in [0.2, 0.25) is 0 Å². The fourth-order valence-electron chi connectivity index (χ4n) is 3.69. The van der Waals surface area contributed by atoms with Crippen LogP contribution in [-0.2, 0) is 11.3 Å². The molecule has 0 radical (unpaired) electrons. The van der Waals surface area contributed by atoms with E-state index in [2.05, 4.69) is 36.8 Å². The van der Waals surface area contributed by atoms with Crippen molar-refractivity contribution in [2.45, 2.75) is 52.4 Å². The minimum absolute atomic E-state index is 0.103. The number of aryl methyl sites for hydroxylation is 2. The van der Waals surface area contributed by atoms with Crippen LogP contribution in [0.25, 0.3) is 0 Å². The van der Waals surface area contributed by atoms with Crippen molar-refractivity contribution in [1.29, 1.82) is 0 Å². The fourth-order valence-corrected chi connectivity index (χ4v) is 5.19. The van der Waals surface area contributed by atoms with Crippen LogP contribution in [0.4, 0.5) is 5.69 Å². The molecule has 0 fully saturated rings. The quantitative estimate of drug-likeness (QED) is 0.346. The summed E-state index contributed by atoms with van der Waals surface area (Å²) >= 11 is 4.82. The number of hydrogen-bond acceptors (Lipinski definition) is 5. The van der Waals surface area contributed by atoms with Gasteiger partial charge in [0.1, 0.15) is 0 Å². The highest BCUT2D eigenvalue weighted by Gasteiger charge is 2.26. The molecule has 2 amide bonds. The van der Waals surface area contributed by atoms with Gasteiger partial charge in [-0.05, 0) is 62.1 Å². The van der Waals surface area contributed by atoms with E-state index in [0.29, 0.717) is 23.1 Å². The van der Waals surface area contributed by atoms with E-state index in [0.717, 1.165) is 21.3 Å². The van der Waals surface area contributed by atoms with E-state index in [1.54, 1.807) is 12.1 Å². The Morgan fingerprint density at radius 2 is 1.74 bits per heavy atom. The molecule has 0 spiro atoms. The second-order valence-corrected chi connectivity index (χ2v) is 10.3. The van der Waals surface area contributed by atoms with Gasteiger partial charge in [-0.25, -0.2) is 0 Å². The van der Waals surface area contributed by atoms with Gasteiger partial charge in [-0.3, -0.25) is 9.59 Å². The number of amides is 2. The minimum atomic E-state index is -0.309. The van der Waals surface area contributed by atoms with Crippen LogP contribution in [-0.4, -0.2) is 32.3 Å². The summed E-state index contributed by atoms with van der Waals surface area (Å²) in [4.78, 5) is 25.4. The summed E-state index contributed by atoms with van der Waals surface area (Å²) < 4.78 is 2.95. The predicted octanol–water partition coefficient (Wildman–Crippen LogP) is 5.54. The average molecular weight is 545 g/mol. The van der Waals surface area contributed by atoms with E-state index >= 15 is 0 Å². The SMILES string of the molecule is CCn1c(SCC(=O)Nc2c(C)cc(Br)cc2C)nnc1[C@H](NC(=O)c1ccccc1)C(C)C. The van der Waals surface area contributed by atoms with Crippen molar-refractivity contribution in [3.63, 3.8) is 0 Å². The molecule has 34 heavy (non-hydrogen) atoms. The molecule has 2 N–H and O–H groups in total. The highest BCUT2D eigenvalue weighted by molar-refractivity contribution is 9.10. The molecule has 1 atom stereocenters. The molecule has 0 unspecified atom stereocenters. The Balaban J connectivity index is 1.72. The van der Waals surface area contributed by atoms with Crippen molar-refractivity contribution < 1.29 is 9.59 Å². The molecular formula is C25H30BrN5O2S. The maximum Gasteiger partial charge on any atom is 0.251 e. The third-order valence-electron chi connectivity index (χ3n) is 5.42. The molecule has 2 aromatic carbocycles. The van der Waals surface area contributed by atoms with E-state index in [4.69, 9.17) is 0 Å². The van der Waals surface area contributed by atoms with E-state index in [-0.39, 0.29) is 29.5 Å². The molecule has 1 aromatic heterocycles. The zero-order chi connectivity index (χ0) is 24.8. The van der Waals surface area contributed by atoms with Gasteiger partial charge in [0.15, 0.2) is 11.0 Å². The first-order valence-electron chi connectivity index (χ1n) is 11.2. The van der Waals surface area contributed by atoms with Gasteiger partial charge in [0.2, 0.25) is 5.91 Å². The summed E-state index contributed by atoms with van der Waals surface area (Å²) in [5, 5.41) is 15.5. The summed E-state index contributed by atoms with van der Waals surface area (Å²) in [5.41, 5.74) is 3.42. The van der Waals surface area contributed by atoms with E-state index in [9.17, 15) is 9.59 Å². The second kappa shape index (κ2) is 11.7. The van der Waals surface area contributed by atoms with Gasteiger partial charge in [0.25, 0.3) is 5.91 Å². The van der Waals surface area contributed by atoms with Gasteiger partial charge < -0.3 is 15.2 Å². The van der Waals surface area contributed by atoms with E-state index in [1.165, 1.54) is 11.8 Å². The topological polar surface area (TPSA) is 88.9 Å². The molecule has 0 saturated heterocycles. The number of carbonyl (C=O) groups excluding carboxylic acids is 2. The molecule has 0 bridgehead atoms. The first-order valence-corrected chi connectivity index (χ1v) is 13.0. The van der Waals surface area contributed by atoms with Crippen molar-refractivity contribution >= 4 is 45.2 Å². The standard InChI is InChI=1S/C25H30BrN5O2S/c1-6-31-23(21(15(2)3)28-24(33)18-10-8-7-9-11-18)29-30-25(31)34-14-20(32)27-22-16(4)12-19(26)13-17(22)5/h7-13,15,21H,6,14H2,1-5H3,(H,27,32)(H,28,33)/t21-/m1/s1. The third kappa shape index (κ3) is 6.27. The number of hydrogen-bond donors (Lipinski definition) is 2. The Kier molecular flexibility index (Phi) is 8.90. The lowest BCUT2D eigenvalue weighted by Gasteiger charge is -2.22. The third-order valence-corrected chi connectivity index (χ3v) is 6.85. The minimum Gasteiger partial charge on any atom is -0.342 e. The number of benzene rings is 2. The molecule has 3 aromatic rings. The first-order chi connectivity index (χ1) is 16.2. The lowest BCUT2D eigenvalue weighted by Crippen LogP contribution is -2.33. The second-order valence-electron chi connectivity index (χ2n) is 8.40. The molecule has 7 nitrogen and oxygen atoms in total. The summed E-state index contributed by atoms with van der Waals surface area (Å²) in [7, 11) is 0. The van der Waals surface area contributed by atoms with Gasteiger partial charge in [0.05, 0.1) is 11.8 Å². The summed E-state index contributed by atoms with van der Waals surface area (Å²) in [6.07, 6.45) is 0. The normalized spacial score (nSPS) is 12.0. The molecule has 1 heterocycles. The zero-order valence-electron chi connectivity index (χ0n) is 20.1. The maximum absolute atomic E-state index is 12.8. The Bertz CT molecular complexity index is 1140. The predicted molar refractivity (Wildman–Crippen MR) is 140 cm³/mol. The Hall–Kier alpha value is -2.65. The van der Waals surface area contributed by atoms with Crippen molar-refractivity contribution in [2.24, 2.45) is 5.92 Å². The molecule has 0 aliphatic carbocycles. The van der Waals surface area contributed by atoms with Gasteiger partial charge in [-0.15, -0.1) is 10.2 Å². The van der Waals surface area contributed by atoms with Crippen molar-refractivity contribution in [2.75, 3.05) is 11.1 Å². The van der Waals surface area contributed by atoms with Gasteiger partial charge in [-0.2, -0.15) is 0 Å². The largest absolute Gasteiger partial charge is 0.342 e.